The molecule has 1 heteroatoms. The Bertz CT molecular complexity index is 167. The molecular weight excluding hydrogens is 112 g/mol. The Kier molecular flexibility index (Phi) is 1.85. The zero-order chi connectivity index (χ0) is 6.69. The van der Waals surface area contributed by atoms with Crippen LogP contribution in [0.4, 0.5) is 0 Å². The van der Waals surface area contributed by atoms with E-state index in [0.29, 0.717) is 0 Å². The molecule has 1 nitrogen and oxygen atoms in total. The smallest absolute Gasteiger partial charge is 0.0791 e. The number of benzene rings is 1. The fourth-order valence-electron chi connectivity index (χ4n) is 0.675. The third-order valence-corrected chi connectivity index (χ3v) is 1.18. The number of rotatable bonds is 1. The molecule has 0 spiro atoms. The largest absolute Gasteiger partial charge is 0.388 e. The second kappa shape index (κ2) is 2.65. The van der Waals surface area contributed by atoms with E-state index in [2.05, 4.69) is 6.92 Å². The average Bonchev–Trinajstić information content (AvgIpc) is 1.90. The lowest BCUT2D eigenvalue weighted by atomic mass is 10.1. The van der Waals surface area contributed by atoms with Gasteiger partial charge >= 0.3 is 0 Å². The maximum Gasteiger partial charge on any atom is 0.0791 e. The van der Waals surface area contributed by atoms with Crippen molar-refractivity contribution in [1.29, 1.82) is 0 Å². The monoisotopic (exact) mass is 121 g/mol. The molecule has 0 bridgehead atoms. The van der Waals surface area contributed by atoms with Gasteiger partial charge in [-0.3, -0.25) is 0 Å². The van der Waals surface area contributed by atoms with Crippen LogP contribution in [0.3, 0.4) is 0 Å². The van der Waals surface area contributed by atoms with Gasteiger partial charge in [-0.05, 0) is 12.5 Å². The maximum atomic E-state index is 8.91. The Balaban J connectivity index is 2.85. The number of aliphatic hydroxyl groups excluding tert-OH is 1. The summed E-state index contributed by atoms with van der Waals surface area (Å²) < 4.78 is 0. The van der Waals surface area contributed by atoms with Crippen molar-refractivity contribution in [3.63, 3.8) is 0 Å². The first-order valence-electron chi connectivity index (χ1n) is 2.87. The van der Waals surface area contributed by atoms with Gasteiger partial charge in [-0.1, -0.05) is 30.3 Å². The first-order chi connectivity index (χ1) is 4.30. The molecule has 1 rings (SSSR count). The summed E-state index contributed by atoms with van der Waals surface area (Å²) in [6.07, 6.45) is -0.591. The molecule has 1 atom stereocenters. The second-order valence-electron chi connectivity index (χ2n) is 1.93. The summed E-state index contributed by atoms with van der Waals surface area (Å²) in [4.78, 5) is 0. The Hall–Kier alpha value is -0.820. The highest BCUT2D eigenvalue weighted by Gasteiger charge is 1.95. The number of aliphatic hydroxyl groups is 1. The molecule has 1 aromatic carbocycles. The van der Waals surface area contributed by atoms with Crippen LogP contribution in [0.1, 0.15) is 11.7 Å². The summed E-state index contributed by atoms with van der Waals surface area (Å²) in [6, 6.07) is 9.36. The van der Waals surface area contributed by atoms with Gasteiger partial charge in [0.2, 0.25) is 0 Å². The Morgan fingerprint density at radius 3 is 2.11 bits per heavy atom. The SMILES string of the molecule is [CH2][C@@H](O)c1ccccc1. The fraction of sp³-hybridized carbons (Fsp3) is 0.125. The van der Waals surface area contributed by atoms with Crippen LogP contribution in [-0.2, 0) is 0 Å². The van der Waals surface area contributed by atoms with Gasteiger partial charge in [-0.2, -0.15) is 0 Å². The highest BCUT2D eigenvalue weighted by Crippen LogP contribution is 2.08. The first-order valence-corrected chi connectivity index (χ1v) is 2.87. The summed E-state index contributed by atoms with van der Waals surface area (Å²) in [7, 11) is 0. The first kappa shape index (κ1) is 6.30. The molecule has 0 heterocycles. The molecule has 9 heavy (non-hydrogen) atoms. The van der Waals surface area contributed by atoms with E-state index in [9.17, 15) is 0 Å². The van der Waals surface area contributed by atoms with Gasteiger partial charge in [0.05, 0.1) is 6.10 Å². The molecule has 0 aromatic heterocycles. The van der Waals surface area contributed by atoms with Crippen LogP contribution >= 0.6 is 0 Å². The van der Waals surface area contributed by atoms with E-state index in [0.717, 1.165) is 5.56 Å². The van der Waals surface area contributed by atoms with Crippen molar-refractivity contribution in [2.45, 2.75) is 6.10 Å². The van der Waals surface area contributed by atoms with Crippen molar-refractivity contribution >= 4 is 0 Å². The molecule has 0 aliphatic rings. The molecule has 0 saturated heterocycles. The summed E-state index contributed by atoms with van der Waals surface area (Å²) in [5.74, 6) is 0. The van der Waals surface area contributed by atoms with E-state index in [1.165, 1.54) is 0 Å². The summed E-state index contributed by atoms with van der Waals surface area (Å²) in [5.41, 5.74) is 0.859. The lowest BCUT2D eigenvalue weighted by molar-refractivity contribution is 0.226. The average molecular weight is 121 g/mol. The number of hydrogen-bond acceptors (Lipinski definition) is 1. The van der Waals surface area contributed by atoms with E-state index in [1.807, 2.05) is 30.3 Å². The Morgan fingerprint density at radius 2 is 1.78 bits per heavy atom. The molecule has 1 radical (unpaired) electrons. The summed E-state index contributed by atoms with van der Waals surface area (Å²) in [5, 5.41) is 8.91. The van der Waals surface area contributed by atoms with Crippen LogP contribution < -0.4 is 0 Å². The van der Waals surface area contributed by atoms with E-state index in [4.69, 9.17) is 5.11 Å². The van der Waals surface area contributed by atoms with Crippen molar-refractivity contribution in [3.05, 3.63) is 42.8 Å². The quantitative estimate of drug-likeness (QED) is 0.597. The highest BCUT2D eigenvalue weighted by atomic mass is 16.3. The van der Waals surface area contributed by atoms with Crippen molar-refractivity contribution in [1.82, 2.24) is 0 Å². The van der Waals surface area contributed by atoms with Crippen molar-refractivity contribution in [3.8, 4) is 0 Å². The summed E-state index contributed by atoms with van der Waals surface area (Å²) in [6.45, 7) is 3.46. The van der Waals surface area contributed by atoms with E-state index in [-0.39, 0.29) is 0 Å². The zero-order valence-corrected chi connectivity index (χ0v) is 5.12. The topological polar surface area (TPSA) is 20.2 Å². The molecule has 0 saturated carbocycles. The van der Waals surface area contributed by atoms with Crippen LogP contribution in [0, 0.1) is 6.92 Å². The van der Waals surface area contributed by atoms with Gasteiger partial charge in [0.15, 0.2) is 0 Å². The number of hydrogen-bond donors (Lipinski definition) is 1. The zero-order valence-electron chi connectivity index (χ0n) is 5.12. The fourth-order valence-corrected chi connectivity index (χ4v) is 0.675. The minimum absolute atomic E-state index is 0.591. The third-order valence-electron chi connectivity index (χ3n) is 1.18. The Morgan fingerprint density at radius 1 is 1.22 bits per heavy atom. The van der Waals surface area contributed by atoms with Crippen LogP contribution in [0.15, 0.2) is 30.3 Å². The van der Waals surface area contributed by atoms with Crippen LogP contribution in [-0.4, -0.2) is 5.11 Å². The van der Waals surface area contributed by atoms with Gasteiger partial charge in [-0.25, -0.2) is 0 Å². The molecular formula is C8H9O. The molecule has 1 aromatic rings. The van der Waals surface area contributed by atoms with Crippen molar-refractivity contribution in [2.75, 3.05) is 0 Å². The normalized spacial score (nSPS) is 13.1. The molecule has 1 N–H and O–H groups in total. The van der Waals surface area contributed by atoms with Gasteiger partial charge in [0.25, 0.3) is 0 Å². The minimum Gasteiger partial charge on any atom is -0.388 e. The predicted molar refractivity (Wildman–Crippen MR) is 36.8 cm³/mol. The minimum atomic E-state index is -0.591. The molecule has 0 amide bonds. The van der Waals surface area contributed by atoms with Gasteiger partial charge in [-0.15, -0.1) is 0 Å². The van der Waals surface area contributed by atoms with Crippen molar-refractivity contribution in [2.24, 2.45) is 0 Å². The van der Waals surface area contributed by atoms with Gasteiger partial charge in [0, 0.05) is 0 Å². The predicted octanol–water partition coefficient (Wildman–Crippen LogP) is 1.55. The second-order valence-corrected chi connectivity index (χ2v) is 1.93. The van der Waals surface area contributed by atoms with Gasteiger partial charge < -0.3 is 5.11 Å². The molecule has 0 fully saturated rings. The van der Waals surface area contributed by atoms with Crippen LogP contribution in [0.5, 0.6) is 0 Å². The lowest BCUT2D eigenvalue weighted by Crippen LogP contribution is -1.88. The van der Waals surface area contributed by atoms with Crippen molar-refractivity contribution < 1.29 is 5.11 Å². The molecule has 0 aliphatic carbocycles. The molecule has 0 unspecified atom stereocenters. The Labute approximate surface area is 55.0 Å². The lowest BCUT2D eigenvalue weighted by Gasteiger charge is -2.00. The maximum absolute atomic E-state index is 8.91. The van der Waals surface area contributed by atoms with Crippen LogP contribution in [0.2, 0.25) is 0 Å². The molecule has 0 aliphatic heterocycles. The molecule has 47 valence electrons. The van der Waals surface area contributed by atoms with Crippen LogP contribution in [0.25, 0.3) is 0 Å². The summed E-state index contributed by atoms with van der Waals surface area (Å²) >= 11 is 0. The van der Waals surface area contributed by atoms with Gasteiger partial charge in [0.1, 0.15) is 0 Å². The highest BCUT2D eigenvalue weighted by molar-refractivity contribution is 5.17. The van der Waals surface area contributed by atoms with E-state index in [1.54, 1.807) is 0 Å². The van der Waals surface area contributed by atoms with E-state index < -0.39 is 6.10 Å². The van der Waals surface area contributed by atoms with E-state index >= 15 is 0 Å². The standard InChI is InChI=1S/C8H9O/c1-7(9)8-5-3-2-4-6-8/h2-7,9H,1H2/t7-/m1/s1. The third kappa shape index (κ3) is 1.54.